The minimum Gasteiger partial charge on any atom is -0.508 e. The van der Waals surface area contributed by atoms with Crippen LogP contribution in [-0.4, -0.2) is 30.1 Å². The van der Waals surface area contributed by atoms with Gasteiger partial charge in [-0.05, 0) is 57.5 Å². The van der Waals surface area contributed by atoms with Crippen LogP contribution in [0.25, 0.3) is 0 Å². The molecule has 2 atom stereocenters. The van der Waals surface area contributed by atoms with E-state index in [1.807, 2.05) is 12.1 Å². The molecule has 0 radical (unpaired) electrons. The van der Waals surface area contributed by atoms with Crippen molar-refractivity contribution in [1.29, 1.82) is 0 Å². The quantitative estimate of drug-likeness (QED) is 0.871. The molecular weight excluding hydrogens is 234 g/mol. The van der Waals surface area contributed by atoms with Gasteiger partial charge >= 0.3 is 0 Å². The maximum absolute atomic E-state index is 9.49. The predicted molar refractivity (Wildman–Crippen MR) is 76.2 cm³/mol. The number of hydrogen-bond donors (Lipinski definition) is 1. The minimum absolute atomic E-state index is 0. The Bertz CT molecular complexity index is 328. The van der Waals surface area contributed by atoms with Crippen molar-refractivity contribution in [1.82, 2.24) is 4.90 Å². The third-order valence-electron chi connectivity index (χ3n) is 3.34. The lowest BCUT2D eigenvalue weighted by Crippen LogP contribution is -2.26. The van der Waals surface area contributed by atoms with Gasteiger partial charge in [-0.2, -0.15) is 0 Å². The third-order valence-corrected chi connectivity index (χ3v) is 3.34. The van der Waals surface area contributed by atoms with Gasteiger partial charge in [0.2, 0.25) is 0 Å². The van der Waals surface area contributed by atoms with Gasteiger partial charge < -0.3 is 10.0 Å². The average Bonchev–Trinajstić information content (AvgIpc) is 2.25. The van der Waals surface area contributed by atoms with E-state index >= 15 is 0 Å². The molecule has 98 valence electrons. The molecule has 2 unspecified atom stereocenters. The molecule has 1 aromatic rings. The number of halogens is 1. The van der Waals surface area contributed by atoms with Crippen LogP contribution >= 0.6 is 12.4 Å². The zero-order chi connectivity index (χ0) is 12.1. The number of rotatable bonds is 5. The fourth-order valence-corrected chi connectivity index (χ4v) is 1.94. The number of benzene rings is 1. The summed E-state index contributed by atoms with van der Waals surface area (Å²) in [6.45, 7) is 4.45. The van der Waals surface area contributed by atoms with Crippen molar-refractivity contribution < 1.29 is 5.11 Å². The first-order chi connectivity index (χ1) is 7.54. The van der Waals surface area contributed by atoms with Crippen molar-refractivity contribution in [2.24, 2.45) is 0 Å². The highest BCUT2D eigenvalue weighted by Crippen LogP contribution is 2.27. The topological polar surface area (TPSA) is 23.5 Å². The number of phenolic OH excluding ortho intramolecular Hbond substituents is 1. The van der Waals surface area contributed by atoms with Crippen LogP contribution in [0.1, 0.15) is 38.2 Å². The van der Waals surface area contributed by atoms with Gasteiger partial charge in [0.1, 0.15) is 5.75 Å². The number of hydrogen-bond acceptors (Lipinski definition) is 2. The maximum atomic E-state index is 9.49. The van der Waals surface area contributed by atoms with Crippen molar-refractivity contribution >= 4 is 12.4 Å². The Hall–Kier alpha value is -0.730. The molecule has 0 heterocycles. The van der Waals surface area contributed by atoms with E-state index in [4.69, 9.17) is 0 Å². The van der Waals surface area contributed by atoms with Gasteiger partial charge in [0, 0.05) is 6.04 Å². The molecule has 1 N–H and O–H groups in total. The molecule has 0 aromatic heterocycles. The Morgan fingerprint density at radius 1 is 1.29 bits per heavy atom. The summed E-state index contributed by atoms with van der Waals surface area (Å²) in [6.07, 6.45) is 2.24. The van der Waals surface area contributed by atoms with Crippen molar-refractivity contribution in [3.05, 3.63) is 29.8 Å². The highest BCUT2D eigenvalue weighted by Gasteiger charge is 2.15. The van der Waals surface area contributed by atoms with Crippen molar-refractivity contribution in [3.63, 3.8) is 0 Å². The Morgan fingerprint density at radius 2 is 1.94 bits per heavy atom. The van der Waals surface area contributed by atoms with E-state index in [-0.39, 0.29) is 12.4 Å². The molecule has 17 heavy (non-hydrogen) atoms. The lowest BCUT2D eigenvalue weighted by molar-refractivity contribution is 0.281. The second kappa shape index (κ2) is 7.57. The SMILES string of the molecule is CCC(CC(C)N(C)C)c1cccc(O)c1.Cl. The van der Waals surface area contributed by atoms with E-state index < -0.39 is 0 Å². The summed E-state index contributed by atoms with van der Waals surface area (Å²) in [4.78, 5) is 2.24. The van der Waals surface area contributed by atoms with Gasteiger partial charge in [-0.3, -0.25) is 0 Å². The first kappa shape index (κ1) is 16.3. The van der Waals surface area contributed by atoms with Crippen molar-refractivity contribution in [3.8, 4) is 5.75 Å². The summed E-state index contributed by atoms with van der Waals surface area (Å²) in [5, 5.41) is 9.49. The molecule has 0 aliphatic carbocycles. The highest BCUT2D eigenvalue weighted by atomic mass is 35.5. The fourth-order valence-electron chi connectivity index (χ4n) is 1.94. The van der Waals surface area contributed by atoms with Crippen molar-refractivity contribution in [2.45, 2.75) is 38.6 Å². The first-order valence-corrected chi connectivity index (χ1v) is 6.00. The van der Waals surface area contributed by atoms with Crippen LogP contribution in [0, 0.1) is 0 Å². The smallest absolute Gasteiger partial charge is 0.115 e. The average molecular weight is 258 g/mol. The molecule has 0 amide bonds. The molecule has 1 rings (SSSR count). The molecule has 0 saturated carbocycles. The van der Waals surface area contributed by atoms with E-state index in [2.05, 4.69) is 38.9 Å². The maximum Gasteiger partial charge on any atom is 0.115 e. The van der Waals surface area contributed by atoms with E-state index in [0.717, 1.165) is 12.8 Å². The lowest BCUT2D eigenvalue weighted by Gasteiger charge is -2.25. The second-order valence-corrected chi connectivity index (χ2v) is 4.75. The standard InChI is InChI=1S/C14H23NO.ClH/c1-5-12(9-11(2)15(3)4)13-7-6-8-14(16)10-13;/h6-8,10-12,16H,5,9H2,1-4H3;1H. The van der Waals surface area contributed by atoms with E-state index in [0.29, 0.717) is 17.7 Å². The molecule has 0 bridgehead atoms. The summed E-state index contributed by atoms with van der Waals surface area (Å²) < 4.78 is 0. The second-order valence-electron chi connectivity index (χ2n) is 4.75. The summed E-state index contributed by atoms with van der Waals surface area (Å²) in [7, 11) is 4.22. The summed E-state index contributed by atoms with van der Waals surface area (Å²) in [5.74, 6) is 0.901. The van der Waals surface area contributed by atoms with Gasteiger partial charge in [-0.15, -0.1) is 12.4 Å². The molecule has 1 aromatic carbocycles. The van der Waals surface area contributed by atoms with Gasteiger partial charge in [0.15, 0.2) is 0 Å². The zero-order valence-electron chi connectivity index (χ0n) is 11.2. The predicted octanol–water partition coefficient (Wildman–Crippen LogP) is 3.65. The monoisotopic (exact) mass is 257 g/mol. The molecule has 0 fully saturated rings. The molecule has 0 aliphatic heterocycles. The molecule has 0 spiro atoms. The van der Waals surface area contributed by atoms with Crippen LogP contribution in [0.2, 0.25) is 0 Å². The van der Waals surface area contributed by atoms with Gasteiger partial charge in [-0.1, -0.05) is 19.1 Å². The normalized spacial score (nSPS) is 14.2. The van der Waals surface area contributed by atoms with Gasteiger partial charge in [0.05, 0.1) is 0 Å². The zero-order valence-corrected chi connectivity index (χ0v) is 12.0. The van der Waals surface area contributed by atoms with Crippen LogP contribution in [0.3, 0.4) is 0 Å². The Kier molecular flexibility index (Phi) is 7.24. The Morgan fingerprint density at radius 3 is 2.41 bits per heavy atom. The summed E-state index contributed by atoms with van der Waals surface area (Å²) in [6, 6.07) is 8.21. The Balaban J connectivity index is 0.00000256. The number of nitrogens with zero attached hydrogens (tertiary/aromatic N) is 1. The van der Waals surface area contributed by atoms with Crippen LogP contribution < -0.4 is 0 Å². The van der Waals surface area contributed by atoms with E-state index in [9.17, 15) is 5.11 Å². The third kappa shape index (κ3) is 4.97. The summed E-state index contributed by atoms with van der Waals surface area (Å²) in [5.41, 5.74) is 1.25. The fraction of sp³-hybridized carbons (Fsp3) is 0.571. The highest BCUT2D eigenvalue weighted by molar-refractivity contribution is 5.85. The molecule has 2 nitrogen and oxygen atoms in total. The van der Waals surface area contributed by atoms with Crippen LogP contribution in [-0.2, 0) is 0 Å². The van der Waals surface area contributed by atoms with Gasteiger partial charge in [0.25, 0.3) is 0 Å². The van der Waals surface area contributed by atoms with Crippen LogP contribution in [0.4, 0.5) is 0 Å². The number of aromatic hydroxyl groups is 1. The number of phenols is 1. The summed E-state index contributed by atoms with van der Waals surface area (Å²) >= 11 is 0. The molecule has 0 aliphatic rings. The van der Waals surface area contributed by atoms with Crippen molar-refractivity contribution in [2.75, 3.05) is 14.1 Å². The molecule has 0 saturated heterocycles. The van der Waals surface area contributed by atoms with E-state index in [1.165, 1.54) is 5.56 Å². The van der Waals surface area contributed by atoms with Crippen LogP contribution in [0.5, 0.6) is 5.75 Å². The van der Waals surface area contributed by atoms with E-state index in [1.54, 1.807) is 6.07 Å². The first-order valence-electron chi connectivity index (χ1n) is 6.00. The molecular formula is C14H24ClNO. The largest absolute Gasteiger partial charge is 0.508 e. The Labute approximate surface area is 111 Å². The minimum atomic E-state index is 0. The van der Waals surface area contributed by atoms with Gasteiger partial charge in [-0.25, -0.2) is 0 Å². The lowest BCUT2D eigenvalue weighted by atomic mass is 9.90. The molecule has 3 heteroatoms. The van der Waals surface area contributed by atoms with Crippen LogP contribution in [0.15, 0.2) is 24.3 Å².